The van der Waals surface area contributed by atoms with E-state index in [2.05, 4.69) is 101 Å². The summed E-state index contributed by atoms with van der Waals surface area (Å²) in [5, 5.41) is 3.30. The van der Waals surface area contributed by atoms with E-state index in [1.807, 2.05) is 0 Å². The van der Waals surface area contributed by atoms with Crippen molar-refractivity contribution in [1.29, 1.82) is 0 Å². The maximum absolute atomic E-state index is 2.64. The summed E-state index contributed by atoms with van der Waals surface area (Å²) in [6.45, 7) is 4.94. The fourth-order valence-corrected chi connectivity index (χ4v) is 11.2. The first-order valence-electron chi connectivity index (χ1n) is 15.9. The van der Waals surface area contributed by atoms with Gasteiger partial charge in [-0.2, -0.15) is 0 Å². The molecule has 1 unspecified atom stereocenters. The normalized spacial score (nSPS) is 14.0. The van der Waals surface area contributed by atoms with Gasteiger partial charge in [0, 0.05) is 0 Å². The fraction of sp³-hybridized carbons (Fsp3) is 0.556. The average Bonchev–Trinajstić information content (AvgIpc) is 3.35. The first-order chi connectivity index (χ1) is 18.7. The van der Waals surface area contributed by atoms with E-state index < -0.39 is 8.07 Å². The predicted molar refractivity (Wildman–Crippen MR) is 168 cm³/mol. The average molecular weight is 668 g/mol. The van der Waals surface area contributed by atoms with Crippen LogP contribution in [0.1, 0.15) is 122 Å². The van der Waals surface area contributed by atoms with Crippen molar-refractivity contribution in [2.24, 2.45) is 0 Å². The maximum Gasteiger partial charge on any atom is -1.00 e. The second-order valence-electron chi connectivity index (χ2n) is 11.8. The van der Waals surface area contributed by atoms with Gasteiger partial charge in [-0.25, -0.2) is 0 Å². The van der Waals surface area contributed by atoms with Gasteiger partial charge in [-0.15, -0.1) is 0 Å². The zero-order valence-corrected chi connectivity index (χ0v) is 30.5. The standard InChI is InChI=1S/C36H53Si.3ClH.Ti/c1-3-4-5-6-7-8-9-10-11-12-13-14-15-16-17-24-32-37(2,34-28-22-19-23-29-34)36-31-25-30-35(36)33-26-20-18-21-27-33;;;;/h18-23,26-29,31H,3-17,24-25,32H2,1-2H3;3*1H;/q;;;;+3/p-3. The molecular formula is C36H53Cl3SiTi. The Labute approximate surface area is 284 Å². The summed E-state index contributed by atoms with van der Waals surface area (Å²) in [4.78, 5) is 0. The van der Waals surface area contributed by atoms with E-state index in [0.717, 1.165) is 6.42 Å². The van der Waals surface area contributed by atoms with Gasteiger partial charge >= 0.3 is 185 Å². The SMILES string of the molecule is CCCCCCCCCCCCCCCCCC[Si](C)(C1=CC[C]([Ti+3])=C1c1ccccc1)c1ccccc1.[Cl-].[Cl-].[Cl-]. The monoisotopic (exact) mass is 666 g/mol. The van der Waals surface area contributed by atoms with Gasteiger partial charge in [-0.1, -0.05) is 64.7 Å². The van der Waals surface area contributed by atoms with E-state index in [-0.39, 0.29) is 37.2 Å². The summed E-state index contributed by atoms with van der Waals surface area (Å²) >= 11 is 2.35. The molecule has 41 heavy (non-hydrogen) atoms. The van der Waals surface area contributed by atoms with Crippen LogP contribution in [0.5, 0.6) is 0 Å². The molecule has 0 aromatic heterocycles. The van der Waals surface area contributed by atoms with Crippen molar-refractivity contribution in [3.63, 3.8) is 0 Å². The van der Waals surface area contributed by atoms with Gasteiger partial charge in [0.2, 0.25) is 0 Å². The third kappa shape index (κ3) is 13.9. The third-order valence-corrected chi connectivity index (χ3v) is 14.0. The van der Waals surface area contributed by atoms with E-state index in [1.165, 1.54) is 114 Å². The van der Waals surface area contributed by atoms with Crippen LogP contribution in [-0.2, 0) is 20.4 Å². The quantitative estimate of drug-likeness (QED) is 0.150. The van der Waals surface area contributed by atoms with E-state index in [4.69, 9.17) is 0 Å². The van der Waals surface area contributed by atoms with Crippen molar-refractivity contribution in [2.45, 2.75) is 129 Å². The molecule has 1 aliphatic carbocycles. The Hall–Kier alpha value is -0.279. The van der Waals surface area contributed by atoms with Crippen molar-refractivity contribution >= 4 is 18.8 Å². The molecule has 1 aliphatic rings. The Balaban J connectivity index is 0.00000533. The summed E-state index contributed by atoms with van der Waals surface area (Å²) in [6, 6.07) is 24.0. The van der Waals surface area contributed by atoms with E-state index in [0.29, 0.717) is 0 Å². The van der Waals surface area contributed by atoms with Gasteiger partial charge in [-0.3, -0.25) is 0 Å². The first-order valence-corrected chi connectivity index (χ1v) is 19.4. The second-order valence-corrected chi connectivity index (χ2v) is 17.0. The van der Waals surface area contributed by atoms with E-state index in [9.17, 15) is 0 Å². The minimum Gasteiger partial charge on any atom is -1.00 e. The maximum atomic E-state index is 2.64. The Morgan fingerprint density at radius 2 is 1.00 bits per heavy atom. The van der Waals surface area contributed by atoms with E-state index >= 15 is 0 Å². The predicted octanol–water partition coefficient (Wildman–Crippen LogP) is 2.07. The first kappa shape index (κ1) is 40.7. The van der Waals surface area contributed by atoms with Crippen molar-refractivity contribution < 1.29 is 57.7 Å². The van der Waals surface area contributed by atoms with Crippen LogP contribution in [0.15, 0.2) is 75.8 Å². The molecular weight excluding hydrogens is 615 g/mol. The van der Waals surface area contributed by atoms with Gasteiger partial charge < -0.3 is 37.2 Å². The van der Waals surface area contributed by atoms with Gasteiger partial charge in [0.25, 0.3) is 0 Å². The van der Waals surface area contributed by atoms with Crippen LogP contribution < -0.4 is 42.4 Å². The largest absolute Gasteiger partial charge is 1.00 e. The number of benzene rings is 2. The minimum absolute atomic E-state index is 0. The molecule has 0 saturated heterocycles. The summed E-state index contributed by atoms with van der Waals surface area (Å²) in [5.41, 5.74) is 2.97. The van der Waals surface area contributed by atoms with Crippen LogP contribution in [-0.4, -0.2) is 8.07 Å². The number of rotatable bonds is 20. The molecule has 0 spiro atoms. The van der Waals surface area contributed by atoms with Crippen LogP contribution >= 0.6 is 0 Å². The smallest absolute Gasteiger partial charge is 1.00 e. The van der Waals surface area contributed by atoms with Crippen LogP contribution in [0.2, 0.25) is 12.6 Å². The summed E-state index contributed by atoms with van der Waals surface area (Å²) in [7, 11) is -1.78. The zero-order valence-electron chi connectivity index (χ0n) is 25.7. The minimum atomic E-state index is -1.78. The number of hydrogen-bond donors (Lipinski definition) is 0. The Morgan fingerprint density at radius 1 is 0.585 bits per heavy atom. The van der Waals surface area contributed by atoms with Gasteiger partial charge in [-0.05, 0) is 0 Å². The Morgan fingerprint density at radius 3 is 1.46 bits per heavy atom. The summed E-state index contributed by atoms with van der Waals surface area (Å²) < 4.78 is 1.55. The van der Waals surface area contributed by atoms with Gasteiger partial charge in [0.1, 0.15) is 0 Å². The van der Waals surface area contributed by atoms with Gasteiger partial charge in [0.15, 0.2) is 0 Å². The molecule has 0 saturated carbocycles. The number of halogens is 3. The fourth-order valence-electron chi connectivity index (χ4n) is 6.27. The number of unbranched alkanes of at least 4 members (excludes halogenated alkanes) is 15. The van der Waals surface area contributed by atoms with Crippen molar-refractivity contribution in [1.82, 2.24) is 0 Å². The zero-order chi connectivity index (χ0) is 26.9. The number of allylic oxidation sites excluding steroid dienone is 4. The molecule has 0 bridgehead atoms. The molecule has 0 N–H and O–H groups in total. The molecule has 3 rings (SSSR count). The molecule has 0 nitrogen and oxygen atoms in total. The molecule has 226 valence electrons. The molecule has 0 amide bonds. The summed E-state index contributed by atoms with van der Waals surface area (Å²) in [5.74, 6) is 0. The molecule has 5 heteroatoms. The molecule has 2 aromatic rings. The number of hydrogen-bond acceptors (Lipinski definition) is 0. The van der Waals surface area contributed by atoms with Crippen LogP contribution in [0.4, 0.5) is 0 Å². The Kier molecular flexibility index (Phi) is 23.9. The molecule has 2 aromatic carbocycles. The van der Waals surface area contributed by atoms with Crippen molar-refractivity contribution in [2.75, 3.05) is 0 Å². The van der Waals surface area contributed by atoms with Crippen LogP contribution in [0, 0.1) is 0 Å². The van der Waals surface area contributed by atoms with Gasteiger partial charge in [0.05, 0.1) is 0 Å². The van der Waals surface area contributed by atoms with Crippen molar-refractivity contribution in [3.8, 4) is 0 Å². The topological polar surface area (TPSA) is 0 Å². The summed E-state index contributed by atoms with van der Waals surface area (Å²) in [6.07, 6.45) is 26.7. The second kappa shape index (κ2) is 24.1. The Bertz CT molecular complexity index is 977. The molecule has 0 aliphatic heterocycles. The van der Waals surface area contributed by atoms with E-state index in [1.54, 1.807) is 19.8 Å². The molecule has 0 radical (unpaired) electrons. The van der Waals surface area contributed by atoms with Crippen LogP contribution in [0.25, 0.3) is 5.57 Å². The third-order valence-electron chi connectivity index (χ3n) is 8.68. The molecule has 1 atom stereocenters. The van der Waals surface area contributed by atoms with Crippen molar-refractivity contribution in [3.05, 3.63) is 81.4 Å². The van der Waals surface area contributed by atoms with Crippen LogP contribution in [0.3, 0.4) is 0 Å². The molecule has 0 fully saturated rings. The molecule has 0 heterocycles.